The molecule has 1 aromatic rings. The van der Waals surface area contributed by atoms with Gasteiger partial charge in [-0.3, -0.25) is 0 Å². The minimum atomic E-state index is -0.435. The van der Waals surface area contributed by atoms with E-state index in [0.29, 0.717) is 0 Å². The summed E-state index contributed by atoms with van der Waals surface area (Å²) in [5.41, 5.74) is 1.29. The molecule has 1 N–H and O–H groups in total. The van der Waals surface area contributed by atoms with E-state index in [1.807, 2.05) is 18.2 Å². The summed E-state index contributed by atoms with van der Waals surface area (Å²) < 4.78 is 6.09. The molecule has 1 aliphatic carbocycles. The Morgan fingerprint density at radius 1 is 1.22 bits per heavy atom. The molecule has 1 saturated carbocycles. The summed E-state index contributed by atoms with van der Waals surface area (Å²) in [6.45, 7) is 8.88. The molecule has 1 aromatic carbocycles. The third-order valence-corrected chi connectivity index (χ3v) is 5.66. The van der Waals surface area contributed by atoms with Crippen molar-refractivity contribution >= 4 is 15.9 Å². The van der Waals surface area contributed by atoms with Crippen LogP contribution < -0.4 is 4.74 Å². The first-order valence-electron chi connectivity index (χ1n) is 6.25. The van der Waals surface area contributed by atoms with Crippen LogP contribution in [0.25, 0.3) is 0 Å². The van der Waals surface area contributed by atoms with Crippen LogP contribution in [0.1, 0.15) is 39.4 Å². The Morgan fingerprint density at radius 2 is 1.78 bits per heavy atom. The van der Waals surface area contributed by atoms with Gasteiger partial charge in [0.25, 0.3) is 0 Å². The summed E-state index contributed by atoms with van der Waals surface area (Å²) in [5, 5.41) is 10.6. The van der Waals surface area contributed by atoms with Crippen molar-refractivity contribution in [1.82, 2.24) is 0 Å². The highest BCUT2D eigenvalue weighted by molar-refractivity contribution is 9.10. The average molecular weight is 313 g/mol. The summed E-state index contributed by atoms with van der Waals surface area (Å²) in [6, 6.07) is 5.74. The van der Waals surface area contributed by atoms with E-state index in [0.717, 1.165) is 15.8 Å². The van der Waals surface area contributed by atoms with E-state index < -0.39 is 6.10 Å². The van der Waals surface area contributed by atoms with Crippen molar-refractivity contribution in [2.45, 2.75) is 33.8 Å². The molecule has 0 aliphatic heterocycles. The number of rotatable bonds is 3. The molecule has 1 atom stereocenters. The van der Waals surface area contributed by atoms with Gasteiger partial charge in [-0.05, 0) is 28.5 Å². The molecule has 18 heavy (non-hydrogen) atoms. The highest BCUT2D eigenvalue weighted by Crippen LogP contribution is 2.72. The minimum absolute atomic E-state index is 0.172. The molecule has 0 bridgehead atoms. The lowest BCUT2D eigenvalue weighted by Gasteiger charge is -2.15. The summed E-state index contributed by atoms with van der Waals surface area (Å²) >= 11 is 3.52. The SMILES string of the molecule is COc1ccc(C(O)C2C(C)(C)C2(C)C)c(Br)c1. The van der Waals surface area contributed by atoms with Gasteiger partial charge in [-0.2, -0.15) is 0 Å². The quantitative estimate of drug-likeness (QED) is 0.907. The Bertz CT molecular complexity index is 452. The maximum absolute atomic E-state index is 10.6. The van der Waals surface area contributed by atoms with Crippen molar-refractivity contribution in [2.24, 2.45) is 16.7 Å². The van der Waals surface area contributed by atoms with E-state index in [9.17, 15) is 5.11 Å². The van der Waals surface area contributed by atoms with Crippen LogP contribution in [0.5, 0.6) is 5.75 Å². The van der Waals surface area contributed by atoms with E-state index in [4.69, 9.17) is 4.74 Å². The molecule has 2 rings (SSSR count). The van der Waals surface area contributed by atoms with E-state index in [1.165, 1.54) is 0 Å². The monoisotopic (exact) mass is 312 g/mol. The topological polar surface area (TPSA) is 29.5 Å². The second kappa shape index (κ2) is 4.24. The van der Waals surface area contributed by atoms with Gasteiger partial charge in [-0.25, -0.2) is 0 Å². The van der Waals surface area contributed by atoms with Crippen molar-refractivity contribution in [2.75, 3.05) is 7.11 Å². The van der Waals surface area contributed by atoms with Crippen LogP contribution in [0, 0.1) is 16.7 Å². The third-order valence-electron chi connectivity index (χ3n) is 4.97. The highest BCUT2D eigenvalue weighted by atomic mass is 79.9. The number of ether oxygens (including phenoxy) is 1. The van der Waals surface area contributed by atoms with Gasteiger partial charge < -0.3 is 9.84 Å². The molecule has 0 heterocycles. The van der Waals surface area contributed by atoms with Crippen LogP contribution >= 0.6 is 15.9 Å². The maximum Gasteiger partial charge on any atom is 0.120 e. The Labute approximate surface area is 117 Å². The van der Waals surface area contributed by atoms with Crippen molar-refractivity contribution < 1.29 is 9.84 Å². The van der Waals surface area contributed by atoms with Crippen LogP contribution in [0.3, 0.4) is 0 Å². The first kappa shape index (κ1) is 13.9. The van der Waals surface area contributed by atoms with Gasteiger partial charge in [-0.15, -0.1) is 0 Å². The number of aliphatic hydroxyl groups excluding tert-OH is 1. The Balaban J connectivity index is 2.29. The third kappa shape index (κ3) is 1.88. The Kier molecular flexibility index (Phi) is 3.27. The van der Waals surface area contributed by atoms with Crippen LogP contribution in [0.4, 0.5) is 0 Å². The van der Waals surface area contributed by atoms with Gasteiger partial charge in [0, 0.05) is 10.4 Å². The fourth-order valence-electron chi connectivity index (χ4n) is 3.09. The van der Waals surface area contributed by atoms with Crippen LogP contribution in [-0.2, 0) is 0 Å². The highest BCUT2D eigenvalue weighted by Gasteiger charge is 2.67. The zero-order chi connectivity index (χ0) is 13.7. The molecule has 100 valence electrons. The minimum Gasteiger partial charge on any atom is -0.497 e. The number of aliphatic hydroxyl groups is 1. The van der Waals surface area contributed by atoms with Gasteiger partial charge in [0.2, 0.25) is 0 Å². The van der Waals surface area contributed by atoms with Crippen molar-refractivity contribution in [3.63, 3.8) is 0 Å². The van der Waals surface area contributed by atoms with Crippen LogP contribution in [0.15, 0.2) is 22.7 Å². The van der Waals surface area contributed by atoms with Crippen molar-refractivity contribution in [3.05, 3.63) is 28.2 Å². The maximum atomic E-state index is 10.6. The van der Waals surface area contributed by atoms with Gasteiger partial charge in [0.1, 0.15) is 5.75 Å². The molecule has 1 aliphatic rings. The molecule has 0 amide bonds. The first-order valence-corrected chi connectivity index (χ1v) is 7.04. The summed E-state index contributed by atoms with van der Waals surface area (Å²) in [7, 11) is 1.64. The lowest BCUT2D eigenvalue weighted by Crippen LogP contribution is -2.06. The predicted octanol–water partition coefficient (Wildman–Crippen LogP) is 4.17. The second-order valence-corrected chi connectivity index (χ2v) is 7.11. The van der Waals surface area contributed by atoms with Crippen molar-refractivity contribution in [1.29, 1.82) is 0 Å². The van der Waals surface area contributed by atoms with Crippen molar-refractivity contribution in [3.8, 4) is 5.75 Å². The second-order valence-electron chi connectivity index (χ2n) is 6.25. The molecule has 2 nitrogen and oxygen atoms in total. The molecule has 0 radical (unpaired) electrons. The van der Waals surface area contributed by atoms with Gasteiger partial charge in [-0.1, -0.05) is 49.7 Å². The standard InChI is InChI=1S/C15H21BrO2/c1-14(2)13(15(14,3)4)12(17)10-7-6-9(18-5)8-11(10)16/h6-8,12-13,17H,1-5H3. The number of hydrogen-bond acceptors (Lipinski definition) is 2. The largest absolute Gasteiger partial charge is 0.497 e. The zero-order valence-electron chi connectivity index (χ0n) is 11.6. The fraction of sp³-hybridized carbons (Fsp3) is 0.600. The van der Waals surface area contributed by atoms with E-state index in [1.54, 1.807) is 7.11 Å². The van der Waals surface area contributed by atoms with Gasteiger partial charge in [0.15, 0.2) is 0 Å². The molecule has 3 heteroatoms. The number of halogens is 1. The Hall–Kier alpha value is -0.540. The summed E-state index contributed by atoms with van der Waals surface area (Å²) in [4.78, 5) is 0. The van der Waals surface area contributed by atoms with E-state index in [-0.39, 0.29) is 16.7 Å². The molecular weight excluding hydrogens is 292 g/mol. The predicted molar refractivity (Wildman–Crippen MR) is 76.7 cm³/mol. The van der Waals surface area contributed by atoms with Gasteiger partial charge >= 0.3 is 0 Å². The molecule has 0 saturated heterocycles. The molecule has 0 spiro atoms. The zero-order valence-corrected chi connectivity index (χ0v) is 13.2. The normalized spacial score (nSPS) is 22.6. The summed E-state index contributed by atoms with van der Waals surface area (Å²) in [5.74, 6) is 1.09. The summed E-state index contributed by atoms with van der Waals surface area (Å²) in [6.07, 6.45) is -0.435. The average Bonchev–Trinajstić information content (AvgIpc) is 2.68. The molecular formula is C15H21BrO2. The van der Waals surface area contributed by atoms with E-state index >= 15 is 0 Å². The molecule has 1 fully saturated rings. The fourth-order valence-corrected chi connectivity index (χ4v) is 3.68. The lowest BCUT2D eigenvalue weighted by atomic mass is 9.99. The van der Waals surface area contributed by atoms with Crippen LogP contribution in [-0.4, -0.2) is 12.2 Å². The Morgan fingerprint density at radius 3 is 2.17 bits per heavy atom. The number of methoxy groups -OCH3 is 1. The van der Waals surface area contributed by atoms with E-state index in [2.05, 4.69) is 43.6 Å². The molecule has 0 aromatic heterocycles. The lowest BCUT2D eigenvalue weighted by molar-refractivity contribution is 0.130. The van der Waals surface area contributed by atoms with Crippen LogP contribution in [0.2, 0.25) is 0 Å². The molecule has 1 unspecified atom stereocenters. The number of benzene rings is 1. The van der Waals surface area contributed by atoms with Gasteiger partial charge in [0.05, 0.1) is 13.2 Å². The first-order chi connectivity index (χ1) is 8.23. The number of hydrogen-bond donors (Lipinski definition) is 1. The smallest absolute Gasteiger partial charge is 0.120 e.